The monoisotopic (exact) mass is 257 g/mol. The van der Waals surface area contributed by atoms with Crippen molar-refractivity contribution in [2.45, 2.75) is 33.1 Å². The van der Waals surface area contributed by atoms with E-state index in [1.165, 1.54) is 5.56 Å². The van der Waals surface area contributed by atoms with E-state index in [0.717, 1.165) is 39.9 Å². The normalized spacial score (nSPS) is 13.5. The van der Waals surface area contributed by atoms with Crippen molar-refractivity contribution in [3.8, 4) is 0 Å². The summed E-state index contributed by atoms with van der Waals surface area (Å²) in [6, 6.07) is 6.22. The van der Waals surface area contributed by atoms with Crippen LogP contribution in [-0.2, 0) is 0 Å². The topological polar surface area (TPSA) is 52.3 Å². The Hall–Kier alpha value is -1.74. The van der Waals surface area contributed by atoms with Gasteiger partial charge in [0.15, 0.2) is 0 Å². The Morgan fingerprint density at radius 3 is 2.58 bits per heavy atom. The van der Waals surface area contributed by atoms with Crippen LogP contribution < -0.4 is 5.73 Å². The smallest absolute Gasteiger partial charge is 0.138 e. The second-order valence-electron chi connectivity index (χ2n) is 5.31. The van der Waals surface area contributed by atoms with Gasteiger partial charge in [0.2, 0.25) is 0 Å². The van der Waals surface area contributed by atoms with Gasteiger partial charge in [-0.05, 0) is 50.9 Å². The summed E-state index contributed by atoms with van der Waals surface area (Å²) in [6.07, 6.45) is 0.943. The molecule has 2 heterocycles. The van der Waals surface area contributed by atoms with Crippen molar-refractivity contribution in [3.63, 3.8) is 0 Å². The fourth-order valence-corrected chi connectivity index (χ4v) is 2.85. The highest BCUT2D eigenvalue weighted by Gasteiger charge is 2.19. The maximum absolute atomic E-state index is 5.90. The van der Waals surface area contributed by atoms with Crippen LogP contribution in [0.4, 0.5) is 0 Å². The lowest BCUT2D eigenvalue weighted by molar-refractivity contribution is 0.566. The summed E-state index contributed by atoms with van der Waals surface area (Å²) in [4.78, 5) is 0. The molecule has 0 fully saturated rings. The third-order valence-corrected chi connectivity index (χ3v) is 3.68. The lowest BCUT2D eigenvalue weighted by Crippen LogP contribution is -2.05. The van der Waals surface area contributed by atoms with Crippen LogP contribution in [0.5, 0.6) is 0 Å². The zero-order valence-electron chi connectivity index (χ0n) is 11.6. The SMILES string of the molecule is Cc1cc2c(C(C)CCN)c3oc(C)cc3cc2o1. The predicted octanol–water partition coefficient (Wildman–Crippen LogP) is 4.25. The molecule has 100 valence electrons. The van der Waals surface area contributed by atoms with Crippen LogP contribution in [0.25, 0.3) is 21.9 Å². The Bertz CT molecular complexity index is 681. The molecule has 3 heteroatoms. The third kappa shape index (κ3) is 1.94. The van der Waals surface area contributed by atoms with E-state index in [1.54, 1.807) is 0 Å². The Labute approximate surface area is 112 Å². The van der Waals surface area contributed by atoms with Gasteiger partial charge < -0.3 is 14.6 Å². The van der Waals surface area contributed by atoms with Gasteiger partial charge in [-0.3, -0.25) is 0 Å². The maximum Gasteiger partial charge on any atom is 0.138 e. The maximum atomic E-state index is 5.90. The summed E-state index contributed by atoms with van der Waals surface area (Å²) < 4.78 is 11.7. The number of aryl methyl sites for hydroxylation is 2. The van der Waals surface area contributed by atoms with Crippen molar-refractivity contribution in [3.05, 3.63) is 35.3 Å². The number of nitrogens with two attached hydrogens (primary N) is 1. The molecule has 0 saturated heterocycles. The first-order valence-electron chi connectivity index (χ1n) is 6.73. The van der Waals surface area contributed by atoms with Gasteiger partial charge in [0.05, 0.1) is 0 Å². The van der Waals surface area contributed by atoms with Crippen LogP contribution in [0.1, 0.15) is 36.3 Å². The minimum absolute atomic E-state index is 0.360. The van der Waals surface area contributed by atoms with Gasteiger partial charge >= 0.3 is 0 Å². The molecule has 0 aliphatic carbocycles. The first kappa shape index (κ1) is 12.3. The van der Waals surface area contributed by atoms with Crippen LogP contribution in [-0.4, -0.2) is 6.54 Å². The molecule has 1 atom stereocenters. The summed E-state index contributed by atoms with van der Waals surface area (Å²) in [7, 11) is 0. The van der Waals surface area contributed by atoms with E-state index in [9.17, 15) is 0 Å². The van der Waals surface area contributed by atoms with Gasteiger partial charge in [-0.2, -0.15) is 0 Å². The van der Waals surface area contributed by atoms with E-state index in [4.69, 9.17) is 14.6 Å². The average Bonchev–Trinajstić information content (AvgIpc) is 2.86. The zero-order valence-corrected chi connectivity index (χ0v) is 11.6. The molecule has 0 amide bonds. The van der Waals surface area contributed by atoms with E-state index in [0.29, 0.717) is 12.5 Å². The van der Waals surface area contributed by atoms with Gasteiger partial charge in [0.25, 0.3) is 0 Å². The first-order chi connectivity index (χ1) is 9.10. The number of benzene rings is 1. The highest BCUT2D eigenvalue weighted by molar-refractivity contribution is 5.98. The number of rotatable bonds is 3. The molecule has 2 N–H and O–H groups in total. The molecule has 0 aliphatic rings. The highest BCUT2D eigenvalue weighted by atomic mass is 16.3. The molecule has 3 rings (SSSR count). The first-order valence-corrected chi connectivity index (χ1v) is 6.73. The molecule has 1 unspecified atom stereocenters. The van der Waals surface area contributed by atoms with E-state index < -0.39 is 0 Å². The lowest BCUT2D eigenvalue weighted by atomic mass is 9.93. The average molecular weight is 257 g/mol. The second-order valence-corrected chi connectivity index (χ2v) is 5.31. The fraction of sp³-hybridized carbons (Fsp3) is 0.375. The number of hydrogen-bond acceptors (Lipinski definition) is 3. The lowest BCUT2D eigenvalue weighted by Gasteiger charge is -2.12. The van der Waals surface area contributed by atoms with E-state index in [2.05, 4.69) is 25.1 Å². The van der Waals surface area contributed by atoms with E-state index >= 15 is 0 Å². The van der Waals surface area contributed by atoms with Gasteiger partial charge in [-0.15, -0.1) is 0 Å². The van der Waals surface area contributed by atoms with Crippen molar-refractivity contribution in [2.24, 2.45) is 5.73 Å². The quantitative estimate of drug-likeness (QED) is 0.763. The molecule has 3 nitrogen and oxygen atoms in total. The fourth-order valence-electron chi connectivity index (χ4n) is 2.85. The molecule has 0 bridgehead atoms. The van der Waals surface area contributed by atoms with Gasteiger partial charge in [-0.1, -0.05) is 6.92 Å². The van der Waals surface area contributed by atoms with Gasteiger partial charge in [0, 0.05) is 16.3 Å². The molecular weight excluding hydrogens is 238 g/mol. The molecule has 19 heavy (non-hydrogen) atoms. The molecule has 3 aromatic rings. The van der Waals surface area contributed by atoms with Crippen molar-refractivity contribution >= 4 is 21.9 Å². The van der Waals surface area contributed by atoms with Crippen LogP contribution in [0.15, 0.2) is 27.0 Å². The van der Waals surface area contributed by atoms with Crippen LogP contribution in [0.2, 0.25) is 0 Å². The van der Waals surface area contributed by atoms with Crippen LogP contribution in [0.3, 0.4) is 0 Å². The minimum atomic E-state index is 0.360. The molecular formula is C16H19NO2. The summed E-state index contributed by atoms with van der Waals surface area (Å²) in [6.45, 7) is 6.83. The summed E-state index contributed by atoms with van der Waals surface area (Å²) >= 11 is 0. The second kappa shape index (κ2) is 4.42. The van der Waals surface area contributed by atoms with Gasteiger partial charge in [-0.25, -0.2) is 0 Å². The number of fused-ring (bicyclic) bond motifs is 2. The highest BCUT2D eigenvalue weighted by Crippen LogP contribution is 2.37. The molecule has 0 spiro atoms. The molecule has 0 aliphatic heterocycles. The molecule has 0 radical (unpaired) electrons. The van der Waals surface area contributed by atoms with Crippen LogP contribution >= 0.6 is 0 Å². The molecule has 1 aromatic carbocycles. The predicted molar refractivity (Wildman–Crippen MR) is 77.5 cm³/mol. The molecule has 2 aromatic heterocycles. The number of furan rings is 2. The third-order valence-electron chi connectivity index (χ3n) is 3.68. The zero-order chi connectivity index (χ0) is 13.6. The molecule has 0 saturated carbocycles. The summed E-state index contributed by atoms with van der Waals surface area (Å²) in [5.41, 5.74) is 8.85. The Morgan fingerprint density at radius 1 is 1.11 bits per heavy atom. The van der Waals surface area contributed by atoms with E-state index in [-0.39, 0.29) is 0 Å². The Morgan fingerprint density at radius 2 is 1.84 bits per heavy atom. The van der Waals surface area contributed by atoms with Crippen molar-refractivity contribution in [1.82, 2.24) is 0 Å². The van der Waals surface area contributed by atoms with Crippen molar-refractivity contribution < 1.29 is 8.83 Å². The van der Waals surface area contributed by atoms with Crippen molar-refractivity contribution in [1.29, 1.82) is 0 Å². The Kier molecular flexibility index (Phi) is 2.86. The van der Waals surface area contributed by atoms with Gasteiger partial charge in [0.1, 0.15) is 22.7 Å². The summed E-state index contributed by atoms with van der Waals surface area (Å²) in [5.74, 6) is 2.22. The Balaban J connectivity index is 2.37. The number of hydrogen-bond donors (Lipinski definition) is 1. The van der Waals surface area contributed by atoms with Crippen LogP contribution in [0, 0.1) is 13.8 Å². The van der Waals surface area contributed by atoms with Crippen molar-refractivity contribution in [2.75, 3.05) is 6.54 Å². The van der Waals surface area contributed by atoms with E-state index in [1.807, 2.05) is 13.8 Å². The minimum Gasteiger partial charge on any atom is -0.461 e. The summed E-state index contributed by atoms with van der Waals surface area (Å²) in [5, 5.41) is 2.26. The standard InChI is InChI=1S/C16H19NO2/c1-9(4-5-17)15-13-7-11(3)18-14(13)8-12-6-10(2)19-16(12)15/h6-9H,4-5,17H2,1-3H3. The largest absolute Gasteiger partial charge is 0.461 e.